The van der Waals surface area contributed by atoms with Crippen LogP contribution in [-0.2, 0) is 6.42 Å². The number of hydrogen-bond acceptors (Lipinski definition) is 3. The van der Waals surface area contributed by atoms with Crippen LogP contribution in [-0.4, -0.2) is 24.1 Å². The second kappa shape index (κ2) is 4.45. The predicted octanol–water partition coefficient (Wildman–Crippen LogP) is 1.58. The van der Waals surface area contributed by atoms with Crippen molar-refractivity contribution in [1.82, 2.24) is 0 Å². The van der Waals surface area contributed by atoms with Crippen molar-refractivity contribution in [3.63, 3.8) is 0 Å². The smallest absolute Gasteiger partial charge is 0.163 e. The van der Waals surface area contributed by atoms with Crippen LogP contribution in [0.1, 0.15) is 28.8 Å². The first kappa shape index (κ1) is 10.2. The summed E-state index contributed by atoms with van der Waals surface area (Å²) in [6.07, 6.45) is 2.42. The topological polar surface area (TPSA) is 46.5 Å². The maximum Gasteiger partial charge on any atom is 0.163 e. The van der Waals surface area contributed by atoms with Crippen molar-refractivity contribution >= 4 is 5.78 Å². The lowest BCUT2D eigenvalue weighted by Crippen LogP contribution is -2.13. The molecule has 0 spiro atoms. The molecule has 1 aromatic carbocycles. The number of hydrogen-bond donors (Lipinski definition) is 1. The van der Waals surface area contributed by atoms with Gasteiger partial charge in [0.15, 0.2) is 5.78 Å². The first-order chi connectivity index (χ1) is 7.33. The Morgan fingerprint density at radius 3 is 3.00 bits per heavy atom. The van der Waals surface area contributed by atoms with Gasteiger partial charge in [0.05, 0.1) is 6.61 Å². The number of carbonyl (C=O) groups is 1. The molecule has 0 radical (unpaired) electrons. The van der Waals surface area contributed by atoms with Crippen molar-refractivity contribution in [3.05, 3.63) is 29.3 Å². The Labute approximate surface area is 88.7 Å². The molecule has 15 heavy (non-hydrogen) atoms. The summed E-state index contributed by atoms with van der Waals surface area (Å²) in [5.74, 6) is 0.945. The van der Waals surface area contributed by atoms with Crippen LogP contribution in [0.3, 0.4) is 0 Å². The summed E-state index contributed by atoms with van der Waals surface area (Å²) < 4.78 is 5.40. The minimum atomic E-state index is -0.00237. The number of benzene rings is 1. The van der Waals surface area contributed by atoms with Crippen LogP contribution < -0.4 is 4.74 Å². The third-order valence-electron chi connectivity index (χ3n) is 2.61. The number of aliphatic hydroxyl groups is 1. The summed E-state index contributed by atoms with van der Waals surface area (Å²) in [6.45, 7) is 0.280. The van der Waals surface area contributed by atoms with Gasteiger partial charge in [-0.25, -0.2) is 0 Å². The van der Waals surface area contributed by atoms with Crippen LogP contribution in [0.2, 0.25) is 0 Å². The van der Waals surface area contributed by atoms with E-state index in [1.807, 2.05) is 18.2 Å². The van der Waals surface area contributed by atoms with Gasteiger partial charge in [-0.3, -0.25) is 4.79 Å². The average molecular weight is 206 g/mol. The number of ether oxygens (including phenoxy) is 1. The van der Waals surface area contributed by atoms with Crippen molar-refractivity contribution in [3.8, 4) is 5.75 Å². The van der Waals surface area contributed by atoms with Crippen molar-refractivity contribution in [1.29, 1.82) is 0 Å². The summed E-state index contributed by atoms with van der Waals surface area (Å²) >= 11 is 0. The van der Waals surface area contributed by atoms with Crippen LogP contribution in [0.15, 0.2) is 18.2 Å². The van der Waals surface area contributed by atoms with E-state index >= 15 is 0 Å². The van der Waals surface area contributed by atoms with Gasteiger partial charge in [0.2, 0.25) is 0 Å². The van der Waals surface area contributed by atoms with Crippen LogP contribution >= 0.6 is 0 Å². The van der Waals surface area contributed by atoms with E-state index in [1.165, 1.54) is 0 Å². The maximum absolute atomic E-state index is 11.6. The van der Waals surface area contributed by atoms with E-state index in [2.05, 4.69) is 0 Å². The summed E-state index contributed by atoms with van der Waals surface area (Å²) in [5.41, 5.74) is 1.79. The van der Waals surface area contributed by atoms with Gasteiger partial charge in [0.1, 0.15) is 12.4 Å². The summed E-state index contributed by atoms with van der Waals surface area (Å²) in [4.78, 5) is 11.6. The molecule has 0 aliphatic heterocycles. The van der Waals surface area contributed by atoms with Gasteiger partial charge in [-0.1, -0.05) is 12.1 Å². The third-order valence-corrected chi connectivity index (χ3v) is 2.61. The van der Waals surface area contributed by atoms with Gasteiger partial charge in [-0.2, -0.15) is 0 Å². The minimum absolute atomic E-state index is 0.00237. The molecule has 1 aromatic rings. The first-order valence-corrected chi connectivity index (χ1v) is 5.21. The highest BCUT2D eigenvalue weighted by Crippen LogP contribution is 2.29. The molecule has 1 aliphatic carbocycles. The van der Waals surface area contributed by atoms with Crippen molar-refractivity contribution in [2.24, 2.45) is 0 Å². The fourth-order valence-corrected chi connectivity index (χ4v) is 1.94. The van der Waals surface area contributed by atoms with E-state index in [-0.39, 0.29) is 19.0 Å². The molecule has 0 unspecified atom stereocenters. The molecule has 3 nitrogen and oxygen atoms in total. The number of carbonyl (C=O) groups excluding carboxylic acids is 1. The van der Waals surface area contributed by atoms with Crippen molar-refractivity contribution in [2.75, 3.05) is 13.2 Å². The van der Waals surface area contributed by atoms with Gasteiger partial charge >= 0.3 is 0 Å². The average Bonchev–Trinajstić information content (AvgIpc) is 2.27. The molecule has 3 heteroatoms. The van der Waals surface area contributed by atoms with E-state index in [9.17, 15) is 4.79 Å². The first-order valence-electron chi connectivity index (χ1n) is 5.21. The second-order valence-electron chi connectivity index (χ2n) is 3.63. The number of aliphatic hydroxyl groups excluding tert-OH is 1. The zero-order valence-electron chi connectivity index (χ0n) is 8.53. The number of Topliss-reactive ketones (excluding diaryl/α,β-unsaturated/α-hetero) is 1. The largest absolute Gasteiger partial charge is 0.491 e. The Kier molecular flexibility index (Phi) is 3.02. The normalized spacial score (nSPS) is 14.9. The van der Waals surface area contributed by atoms with E-state index in [0.717, 1.165) is 29.7 Å². The number of ketones is 1. The summed E-state index contributed by atoms with van der Waals surface area (Å²) in [6, 6.07) is 5.53. The molecule has 0 amide bonds. The molecule has 0 saturated carbocycles. The molecule has 0 bridgehead atoms. The molecule has 0 fully saturated rings. The lowest BCUT2D eigenvalue weighted by molar-refractivity contribution is 0.0971. The van der Waals surface area contributed by atoms with E-state index in [4.69, 9.17) is 9.84 Å². The van der Waals surface area contributed by atoms with Crippen LogP contribution in [0.5, 0.6) is 5.75 Å². The lowest BCUT2D eigenvalue weighted by atomic mass is 9.90. The molecule has 1 aliphatic rings. The van der Waals surface area contributed by atoms with E-state index in [0.29, 0.717) is 6.42 Å². The van der Waals surface area contributed by atoms with Crippen LogP contribution in [0.25, 0.3) is 0 Å². The Hall–Kier alpha value is -1.35. The standard InChI is InChI=1S/C12H14O3/c13-7-8-15-12-6-2-3-9-10(12)4-1-5-11(9)14/h2-3,6,13H,1,4-5,7-8H2. The van der Waals surface area contributed by atoms with E-state index < -0.39 is 0 Å². The Morgan fingerprint density at radius 1 is 1.33 bits per heavy atom. The summed E-state index contributed by atoms with van der Waals surface area (Å²) in [5, 5.41) is 8.69. The molecule has 0 aromatic heterocycles. The van der Waals surface area contributed by atoms with E-state index in [1.54, 1.807) is 0 Å². The van der Waals surface area contributed by atoms with Gasteiger partial charge in [-0.15, -0.1) is 0 Å². The van der Waals surface area contributed by atoms with Crippen LogP contribution in [0.4, 0.5) is 0 Å². The van der Waals surface area contributed by atoms with Crippen LogP contribution in [0, 0.1) is 0 Å². The third kappa shape index (κ3) is 2.02. The molecule has 1 N–H and O–H groups in total. The minimum Gasteiger partial charge on any atom is -0.491 e. The fourth-order valence-electron chi connectivity index (χ4n) is 1.94. The van der Waals surface area contributed by atoms with Gasteiger partial charge in [0, 0.05) is 17.5 Å². The van der Waals surface area contributed by atoms with Gasteiger partial charge < -0.3 is 9.84 Å². The predicted molar refractivity (Wildman–Crippen MR) is 56.3 cm³/mol. The molecule has 0 atom stereocenters. The number of rotatable bonds is 3. The SMILES string of the molecule is O=C1CCCc2c(OCCO)cccc21. The number of fused-ring (bicyclic) bond motifs is 1. The molecular formula is C12H14O3. The van der Waals surface area contributed by atoms with Gasteiger partial charge in [0.25, 0.3) is 0 Å². The molecule has 2 rings (SSSR count). The zero-order chi connectivity index (χ0) is 10.7. The Bertz CT molecular complexity index is 371. The molecule has 0 saturated heterocycles. The summed E-state index contributed by atoms with van der Waals surface area (Å²) in [7, 11) is 0. The Morgan fingerprint density at radius 2 is 2.20 bits per heavy atom. The van der Waals surface area contributed by atoms with Gasteiger partial charge in [-0.05, 0) is 18.9 Å². The monoisotopic (exact) mass is 206 g/mol. The highest BCUT2D eigenvalue weighted by molar-refractivity contribution is 5.99. The fraction of sp³-hybridized carbons (Fsp3) is 0.417. The quantitative estimate of drug-likeness (QED) is 0.816. The Balaban J connectivity index is 2.31. The highest BCUT2D eigenvalue weighted by Gasteiger charge is 2.19. The lowest BCUT2D eigenvalue weighted by Gasteiger charge is -2.18. The zero-order valence-corrected chi connectivity index (χ0v) is 8.53. The van der Waals surface area contributed by atoms with Crippen molar-refractivity contribution < 1.29 is 14.6 Å². The molecular weight excluding hydrogens is 192 g/mol. The maximum atomic E-state index is 11.6. The second-order valence-corrected chi connectivity index (χ2v) is 3.63. The highest BCUT2D eigenvalue weighted by atomic mass is 16.5. The molecule has 80 valence electrons. The van der Waals surface area contributed by atoms with Crippen molar-refractivity contribution in [2.45, 2.75) is 19.3 Å². The molecule has 0 heterocycles.